The number of aromatic nitrogens is 1. The van der Waals surface area contributed by atoms with E-state index in [1.54, 1.807) is 12.1 Å². The van der Waals surface area contributed by atoms with E-state index in [4.69, 9.17) is 0 Å². The Morgan fingerprint density at radius 1 is 1.33 bits per heavy atom. The summed E-state index contributed by atoms with van der Waals surface area (Å²) in [6, 6.07) is 8.81. The van der Waals surface area contributed by atoms with Gasteiger partial charge in [0.25, 0.3) is 0 Å². The first-order valence-electron chi connectivity index (χ1n) is 7.18. The second-order valence-electron chi connectivity index (χ2n) is 5.59. The molecule has 1 aromatic heterocycles. The second kappa shape index (κ2) is 5.69. The molecule has 1 saturated carbocycles. The highest BCUT2D eigenvalue weighted by atomic mass is 16.4. The predicted octanol–water partition coefficient (Wildman–Crippen LogP) is 2.51. The van der Waals surface area contributed by atoms with E-state index in [1.807, 2.05) is 18.2 Å². The lowest BCUT2D eigenvalue weighted by Crippen LogP contribution is -2.14. The number of benzene rings is 1. The van der Waals surface area contributed by atoms with Gasteiger partial charge in [0, 0.05) is 11.9 Å². The summed E-state index contributed by atoms with van der Waals surface area (Å²) >= 11 is 0. The van der Waals surface area contributed by atoms with Crippen LogP contribution in [0, 0.1) is 5.92 Å². The number of nitrogens with one attached hydrogen (secondary N) is 1. The number of rotatable bonds is 4. The summed E-state index contributed by atoms with van der Waals surface area (Å²) in [4.78, 5) is 15.8. The number of pyridine rings is 1. The Kier molecular flexibility index (Phi) is 3.75. The molecule has 1 aliphatic rings. The van der Waals surface area contributed by atoms with Crippen LogP contribution in [0.3, 0.4) is 0 Å². The predicted molar refractivity (Wildman–Crippen MR) is 80.5 cm³/mol. The molecule has 21 heavy (non-hydrogen) atoms. The van der Waals surface area contributed by atoms with Crippen LogP contribution in [0.2, 0.25) is 0 Å². The molecule has 110 valence electrons. The lowest BCUT2D eigenvalue weighted by atomic mass is 10.1. The fourth-order valence-corrected chi connectivity index (χ4v) is 2.93. The molecule has 0 radical (unpaired) electrons. The first-order valence-corrected chi connectivity index (χ1v) is 7.18. The lowest BCUT2D eigenvalue weighted by Gasteiger charge is -2.13. The van der Waals surface area contributed by atoms with Gasteiger partial charge in [-0.2, -0.15) is 0 Å². The number of aromatic carboxylic acids is 1. The number of carbonyl (C=O) groups is 1. The van der Waals surface area contributed by atoms with Gasteiger partial charge < -0.3 is 15.5 Å². The molecule has 0 amide bonds. The fraction of sp³-hybridized carbons (Fsp3) is 0.375. The Labute approximate surface area is 122 Å². The van der Waals surface area contributed by atoms with Crippen LogP contribution in [-0.4, -0.2) is 33.8 Å². The van der Waals surface area contributed by atoms with Crippen molar-refractivity contribution in [3.05, 3.63) is 35.9 Å². The number of para-hydroxylation sites is 1. The topological polar surface area (TPSA) is 82.5 Å². The normalized spacial score (nSPS) is 21.6. The van der Waals surface area contributed by atoms with Gasteiger partial charge in [-0.15, -0.1) is 0 Å². The smallest absolute Gasteiger partial charge is 0.336 e. The third kappa shape index (κ3) is 2.97. The molecule has 1 aromatic carbocycles. The summed E-state index contributed by atoms with van der Waals surface area (Å²) in [5.41, 5.74) is 0.931. The van der Waals surface area contributed by atoms with Gasteiger partial charge in [-0.3, -0.25) is 0 Å². The Morgan fingerprint density at radius 3 is 2.86 bits per heavy atom. The minimum Gasteiger partial charge on any atom is -0.478 e. The molecule has 5 nitrogen and oxygen atoms in total. The average molecular weight is 286 g/mol. The number of carboxylic acid groups (broad SMARTS) is 1. The zero-order chi connectivity index (χ0) is 14.8. The Hall–Kier alpha value is -2.14. The third-order valence-corrected chi connectivity index (χ3v) is 4.03. The van der Waals surface area contributed by atoms with Gasteiger partial charge in [-0.25, -0.2) is 9.78 Å². The number of fused-ring (bicyclic) bond motifs is 1. The van der Waals surface area contributed by atoms with Gasteiger partial charge in [0.05, 0.1) is 17.2 Å². The number of hydrogen-bond donors (Lipinski definition) is 3. The zero-order valence-electron chi connectivity index (χ0n) is 11.6. The van der Waals surface area contributed by atoms with Crippen molar-refractivity contribution in [1.82, 2.24) is 4.98 Å². The van der Waals surface area contributed by atoms with Gasteiger partial charge in [0.1, 0.15) is 5.82 Å². The van der Waals surface area contributed by atoms with Crippen LogP contribution in [0.4, 0.5) is 5.82 Å². The lowest BCUT2D eigenvalue weighted by molar-refractivity contribution is 0.0699. The van der Waals surface area contributed by atoms with E-state index in [9.17, 15) is 15.0 Å². The number of aliphatic hydroxyl groups excluding tert-OH is 1. The van der Waals surface area contributed by atoms with Crippen LogP contribution in [0.25, 0.3) is 10.9 Å². The molecule has 0 aliphatic heterocycles. The summed E-state index contributed by atoms with van der Waals surface area (Å²) in [5, 5.41) is 22.7. The Balaban J connectivity index is 1.83. The largest absolute Gasteiger partial charge is 0.478 e. The van der Waals surface area contributed by atoms with Crippen molar-refractivity contribution in [3.8, 4) is 0 Å². The molecule has 1 fully saturated rings. The Morgan fingerprint density at radius 2 is 2.14 bits per heavy atom. The minimum atomic E-state index is -0.951. The van der Waals surface area contributed by atoms with Crippen molar-refractivity contribution in [2.24, 2.45) is 5.92 Å². The van der Waals surface area contributed by atoms with Crippen LogP contribution in [0.15, 0.2) is 30.3 Å². The molecular formula is C16H18N2O3. The van der Waals surface area contributed by atoms with Crippen LogP contribution >= 0.6 is 0 Å². The van der Waals surface area contributed by atoms with Gasteiger partial charge >= 0.3 is 5.97 Å². The molecule has 1 heterocycles. The SMILES string of the molecule is O=C(O)c1cc(NCC2CCC(O)C2)nc2ccccc12. The molecule has 0 spiro atoms. The van der Waals surface area contributed by atoms with Crippen molar-refractivity contribution < 1.29 is 15.0 Å². The quantitative estimate of drug-likeness (QED) is 0.804. The van der Waals surface area contributed by atoms with Crippen LogP contribution in [0.1, 0.15) is 29.6 Å². The van der Waals surface area contributed by atoms with Crippen molar-refractivity contribution >= 4 is 22.7 Å². The van der Waals surface area contributed by atoms with Crippen LogP contribution in [0.5, 0.6) is 0 Å². The molecule has 2 unspecified atom stereocenters. The number of hydrogen-bond acceptors (Lipinski definition) is 4. The van der Waals surface area contributed by atoms with Crippen molar-refractivity contribution in [2.75, 3.05) is 11.9 Å². The van der Waals surface area contributed by atoms with Gasteiger partial charge in [0.2, 0.25) is 0 Å². The molecule has 2 aromatic rings. The molecule has 0 bridgehead atoms. The van der Waals surface area contributed by atoms with Gasteiger partial charge in [-0.1, -0.05) is 18.2 Å². The molecule has 3 rings (SSSR count). The van der Waals surface area contributed by atoms with Crippen molar-refractivity contribution in [1.29, 1.82) is 0 Å². The van der Waals surface area contributed by atoms with E-state index < -0.39 is 5.97 Å². The van der Waals surface area contributed by atoms with E-state index in [2.05, 4.69) is 10.3 Å². The number of anilines is 1. The monoisotopic (exact) mass is 286 g/mol. The Bertz CT molecular complexity index is 672. The van der Waals surface area contributed by atoms with Crippen molar-refractivity contribution in [2.45, 2.75) is 25.4 Å². The maximum Gasteiger partial charge on any atom is 0.336 e. The highest BCUT2D eigenvalue weighted by Gasteiger charge is 2.22. The van der Waals surface area contributed by atoms with Crippen LogP contribution < -0.4 is 5.32 Å². The first-order chi connectivity index (χ1) is 10.1. The average Bonchev–Trinajstić information content (AvgIpc) is 2.89. The van der Waals surface area contributed by atoms with Crippen molar-refractivity contribution in [3.63, 3.8) is 0 Å². The second-order valence-corrected chi connectivity index (χ2v) is 5.59. The first kappa shape index (κ1) is 13.8. The van der Waals surface area contributed by atoms with E-state index in [0.29, 0.717) is 29.2 Å². The number of nitrogens with zero attached hydrogens (tertiary/aromatic N) is 1. The number of aliphatic hydroxyl groups is 1. The van der Waals surface area contributed by atoms with Crippen LogP contribution in [-0.2, 0) is 0 Å². The summed E-state index contributed by atoms with van der Waals surface area (Å²) in [6.07, 6.45) is 2.44. The minimum absolute atomic E-state index is 0.198. The van der Waals surface area contributed by atoms with E-state index in [-0.39, 0.29) is 11.7 Å². The molecule has 3 N–H and O–H groups in total. The fourth-order valence-electron chi connectivity index (χ4n) is 2.93. The molecule has 2 atom stereocenters. The van der Waals surface area contributed by atoms with Gasteiger partial charge in [0.15, 0.2) is 0 Å². The number of carboxylic acids is 1. The summed E-state index contributed by atoms with van der Waals surface area (Å²) in [7, 11) is 0. The molecule has 0 saturated heterocycles. The highest BCUT2D eigenvalue weighted by molar-refractivity contribution is 6.03. The summed E-state index contributed by atoms with van der Waals surface area (Å²) < 4.78 is 0. The maximum atomic E-state index is 11.4. The standard InChI is InChI=1S/C16H18N2O3/c19-11-6-5-10(7-11)9-17-15-8-13(16(20)21)12-3-1-2-4-14(12)18-15/h1-4,8,10-11,19H,5-7,9H2,(H,17,18)(H,20,21). The maximum absolute atomic E-state index is 11.4. The molecular weight excluding hydrogens is 268 g/mol. The zero-order valence-corrected chi connectivity index (χ0v) is 11.6. The third-order valence-electron chi connectivity index (χ3n) is 4.03. The van der Waals surface area contributed by atoms with E-state index in [1.165, 1.54) is 0 Å². The van der Waals surface area contributed by atoms with E-state index >= 15 is 0 Å². The van der Waals surface area contributed by atoms with Gasteiger partial charge in [-0.05, 0) is 37.3 Å². The summed E-state index contributed by atoms with van der Waals surface area (Å²) in [5.74, 6) is 0.0435. The molecule has 1 aliphatic carbocycles. The molecule has 5 heteroatoms. The van der Waals surface area contributed by atoms with E-state index in [0.717, 1.165) is 19.3 Å². The summed E-state index contributed by atoms with van der Waals surface area (Å²) in [6.45, 7) is 0.710. The highest BCUT2D eigenvalue weighted by Crippen LogP contribution is 2.26.